The van der Waals surface area contributed by atoms with Crippen LogP contribution in [0.4, 0.5) is 0 Å². The lowest BCUT2D eigenvalue weighted by atomic mass is 10.1. The van der Waals surface area contributed by atoms with Crippen LogP contribution in [-0.4, -0.2) is 52.0 Å². The number of carbonyl (C=O) groups excluding carboxylic acids is 1. The van der Waals surface area contributed by atoms with E-state index < -0.39 is 16.0 Å². The fraction of sp³-hybridized carbons (Fsp3) is 0.438. The lowest BCUT2D eigenvalue weighted by molar-refractivity contribution is 0.0602. The van der Waals surface area contributed by atoms with Gasteiger partial charge in [-0.05, 0) is 26.0 Å². The van der Waals surface area contributed by atoms with Crippen molar-refractivity contribution in [3.05, 3.63) is 29.1 Å². The highest BCUT2D eigenvalue weighted by Crippen LogP contribution is 2.37. The second kappa shape index (κ2) is 6.79. The van der Waals surface area contributed by atoms with Crippen LogP contribution < -0.4 is 5.32 Å². The van der Waals surface area contributed by atoms with Crippen LogP contribution in [0.15, 0.2) is 29.2 Å². The Morgan fingerprint density at radius 1 is 1.29 bits per heavy atom. The molecular formula is C16H20N2O4S2. The van der Waals surface area contributed by atoms with E-state index in [9.17, 15) is 13.2 Å². The Balaban J connectivity index is 2.08. The third-order valence-electron chi connectivity index (χ3n) is 4.38. The minimum atomic E-state index is -3.75. The summed E-state index contributed by atoms with van der Waals surface area (Å²) < 4.78 is 33.4. The molecule has 0 amide bonds. The molecule has 1 saturated heterocycles. The number of methoxy groups -OCH3 is 1. The zero-order valence-electron chi connectivity index (χ0n) is 13.6. The standard InChI is InChI=1S/C16H20N2O4S2/c1-17-11-7-9-18(10-8-11)24(20,21)15-12-5-3-4-6-13(12)23-14(15)16(19)22-2/h3-6,11,17H,7-10H2,1-2H3. The molecule has 130 valence electrons. The van der Waals surface area contributed by atoms with Crippen molar-refractivity contribution in [2.45, 2.75) is 23.8 Å². The van der Waals surface area contributed by atoms with Crippen molar-refractivity contribution in [3.8, 4) is 0 Å². The van der Waals surface area contributed by atoms with E-state index in [1.54, 1.807) is 12.1 Å². The molecule has 24 heavy (non-hydrogen) atoms. The molecule has 1 aliphatic rings. The summed E-state index contributed by atoms with van der Waals surface area (Å²) in [6, 6.07) is 7.50. The van der Waals surface area contributed by atoms with E-state index >= 15 is 0 Å². The molecule has 1 fully saturated rings. The van der Waals surface area contributed by atoms with Gasteiger partial charge in [-0.3, -0.25) is 0 Å². The van der Waals surface area contributed by atoms with Gasteiger partial charge in [0.25, 0.3) is 0 Å². The van der Waals surface area contributed by atoms with Crippen LogP contribution in [-0.2, 0) is 14.8 Å². The molecule has 2 heterocycles. The van der Waals surface area contributed by atoms with Gasteiger partial charge in [0.2, 0.25) is 10.0 Å². The molecule has 0 spiro atoms. The Kier molecular flexibility index (Phi) is 4.91. The highest BCUT2D eigenvalue weighted by molar-refractivity contribution is 7.89. The first-order valence-corrected chi connectivity index (χ1v) is 10.0. The van der Waals surface area contributed by atoms with Gasteiger partial charge >= 0.3 is 5.97 Å². The predicted molar refractivity (Wildman–Crippen MR) is 94.0 cm³/mol. The van der Waals surface area contributed by atoms with Crippen molar-refractivity contribution in [3.63, 3.8) is 0 Å². The van der Waals surface area contributed by atoms with Gasteiger partial charge in [-0.2, -0.15) is 4.31 Å². The number of carbonyl (C=O) groups is 1. The van der Waals surface area contributed by atoms with E-state index in [4.69, 9.17) is 4.74 Å². The van der Waals surface area contributed by atoms with Crippen molar-refractivity contribution in [2.24, 2.45) is 0 Å². The highest BCUT2D eigenvalue weighted by Gasteiger charge is 2.35. The van der Waals surface area contributed by atoms with Gasteiger partial charge in [0.15, 0.2) is 0 Å². The third kappa shape index (κ3) is 2.95. The molecule has 0 unspecified atom stereocenters. The zero-order valence-corrected chi connectivity index (χ0v) is 15.2. The molecule has 0 aliphatic carbocycles. The SMILES string of the molecule is CNC1CCN(S(=O)(=O)c2c(C(=O)OC)sc3ccccc23)CC1. The first-order valence-electron chi connectivity index (χ1n) is 7.76. The summed E-state index contributed by atoms with van der Waals surface area (Å²) in [5, 5.41) is 3.77. The molecule has 0 radical (unpaired) electrons. The highest BCUT2D eigenvalue weighted by atomic mass is 32.2. The lowest BCUT2D eigenvalue weighted by Gasteiger charge is -2.31. The molecule has 0 atom stereocenters. The predicted octanol–water partition coefficient (Wildman–Crippen LogP) is 2.06. The second-order valence-electron chi connectivity index (χ2n) is 5.72. The molecular weight excluding hydrogens is 348 g/mol. The van der Waals surface area contributed by atoms with E-state index in [-0.39, 0.29) is 9.77 Å². The molecule has 1 aromatic heterocycles. The number of hydrogen-bond acceptors (Lipinski definition) is 6. The smallest absolute Gasteiger partial charge is 0.349 e. The van der Waals surface area contributed by atoms with Crippen LogP contribution in [0.1, 0.15) is 22.5 Å². The first-order chi connectivity index (χ1) is 11.5. The minimum absolute atomic E-state index is 0.0813. The molecule has 8 heteroatoms. The van der Waals surface area contributed by atoms with Crippen molar-refractivity contribution in [1.29, 1.82) is 0 Å². The average Bonchev–Trinajstić information content (AvgIpc) is 3.01. The normalized spacial score (nSPS) is 17.2. The topological polar surface area (TPSA) is 75.7 Å². The summed E-state index contributed by atoms with van der Waals surface area (Å²) in [4.78, 5) is 12.4. The molecule has 1 aromatic carbocycles. The Morgan fingerprint density at radius 3 is 2.58 bits per heavy atom. The van der Waals surface area contributed by atoms with Gasteiger partial charge in [0, 0.05) is 29.2 Å². The van der Waals surface area contributed by atoms with Gasteiger partial charge < -0.3 is 10.1 Å². The maximum atomic E-state index is 13.2. The fourth-order valence-electron chi connectivity index (χ4n) is 3.02. The van der Waals surface area contributed by atoms with Gasteiger partial charge in [-0.15, -0.1) is 11.3 Å². The van der Waals surface area contributed by atoms with Crippen molar-refractivity contribution >= 4 is 37.4 Å². The number of esters is 1. The van der Waals surface area contributed by atoms with Gasteiger partial charge in [-0.1, -0.05) is 18.2 Å². The maximum Gasteiger partial charge on any atom is 0.349 e. The number of ether oxygens (including phenoxy) is 1. The number of piperidine rings is 1. The van der Waals surface area contributed by atoms with E-state index in [1.807, 2.05) is 19.2 Å². The first kappa shape index (κ1) is 17.3. The Hall–Kier alpha value is -1.48. The molecule has 1 N–H and O–H groups in total. The number of nitrogens with one attached hydrogen (secondary N) is 1. The van der Waals surface area contributed by atoms with Gasteiger partial charge in [-0.25, -0.2) is 13.2 Å². The van der Waals surface area contributed by atoms with Crippen molar-refractivity contribution in [2.75, 3.05) is 27.2 Å². The zero-order chi connectivity index (χ0) is 17.3. The molecule has 3 rings (SSSR count). The summed E-state index contributed by atoms with van der Waals surface area (Å²) >= 11 is 1.16. The number of benzene rings is 1. The number of nitrogens with zero attached hydrogens (tertiary/aromatic N) is 1. The van der Waals surface area contributed by atoms with E-state index in [2.05, 4.69) is 5.32 Å². The van der Waals surface area contributed by atoms with E-state index in [0.29, 0.717) is 24.5 Å². The Morgan fingerprint density at radius 2 is 1.96 bits per heavy atom. The van der Waals surface area contributed by atoms with Crippen LogP contribution in [0, 0.1) is 0 Å². The van der Waals surface area contributed by atoms with Gasteiger partial charge in [0.05, 0.1) is 7.11 Å². The maximum absolute atomic E-state index is 13.2. The number of fused-ring (bicyclic) bond motifs is 1. The Bertz CT molecular complexity index is 852. The molecule has 6 nitrogen and oxygen atoms in total. The molecule has 0 bridgehead atoms. The number of hydrogen-bond donors (Lipinski definition) is 1. The van der Waals surface area contributed by atoms with Crippen LogP contribution >= 0.6 is 11.3 Å². The van der Waals surface area contributed by atoms with Crippen LogP contribution in [0.25, 0.3) is 10.1 Å². The minimum Gasteiger partial charge on any atom is -0.465 e. The molecule has 2 aromatic rings. The number of sulfonamides is 1. The molecule has 0 saturated carbocycles. The summed E-state index contributed by atoms with van der Waals surface area (Å²) in [6.07, 6.45) is 1.51. The van der Waals surface area contributed by atoms with Crippen LogP contribution in [0.2, 0.25) is 0 Å². The average molecular weight is 368 g/mol. The van der Waals surface area contributed by atoms with E-state index in [0.717, 1.165) is 28.9 Å². The summed E-state index contributed by atoms with van der Waals surface area (Å²) in [5.41, 5.74) is 0. The van der Waals surface area contributed by atoms with E-state index in [1.165, 1.54) is 11.4 Å². The quantitative estimate of drug-likeness (QED) is 0.836. The number of thiophene rings is 1. The monoisotopic (exact) mass is 368 g/mol. The summed E-state index contributed by atoms with van der Waals surface area (Å²) in [6.45, 7) is 0.886. The van der Waals surface area contributed by atoms with Crippen molar-refractivity contribution < 1.29 is 17.9 Å². The number of rotatable bonds is 4. The van der Waals surface area contributed by atoms with Crippen LogP contribution in [0.5, 0.6) is 0 Å². The second-order valence-corrected chi connectivity index (χ2v) is 8.64. The summed E-state index contributed by atoms with van der Waals surface area (Å²) in [5.74, 6) is -0.611. The van der Waals surface area contributed by atoms with Crippen molar-refractivity contribution in [1.82, 2.24) is 9.62 Å². The largest absolute Gasteiger partial charge is 0.465 e. The molecule has 1 aliphatic heterocycles. The lowest BCUT2D eigenvalue weighted by Crippen LogP contribution is -2.44. The Labute approximate surface area is 145 Å². The fourth-order valence-corrected chi connectivity index (χ4v) is 6.26. The van der Waals surface area contributed by atoms with Crippen LogP contribution in [0.3, 0.4) is 0 Å². The van der Waals surface area contributed by atoms with Gasteiger partial charge in [0.1, 0.15) is 9.77 Å². The summed E-state index contributed by atoms with van der Waals surface area (Å²) in [7, 11) is -0.597. The third-order valence-corrected chi connectivity index (χ3v) is 7.65.